The van der Waals surface area contributed by atoms with Gasteiger partial charge in [-0.3, -0.25) is 9.48 Å². The van der Waals surface area contributed by atoms with Gasteiger partial charge in [-0.05, 0) is 37.5 Å². The molecule has 3 rings (SSSR count). The molecule has 2 unspecified atom stereocenters. The molecular weight excluding hydrogens is 302 g/mol. The number of carbonyl (C=O) groups is 1. The molecule has 2 atom stereocenters. The predicted molar refractivity (Wildman–Crippen MR) is 92.3 cm³/mol. The summed E-state index contributed by atoms with van der Waals surface area (Å²) in [7, 11) is 0. The Balaban J connectivity index is 1.73. The van der Waals surface area contributed by atoms with E-state index < -0.39 is 0 Å². The van der Waals surface area contributed by atoms with Crippen LogP contribution in [0.2, 0.25) is 0 Å². The van der Waals surface area contributed by atoms with Gasteiger partial charge in [-0.2, -0.15) is 5.10 Å². The van der Waals surface area contributed by atoms with Crippen LogP contribution < -0.4 is 4.74 Å². The van der Waals surface area contributed by atoms with Gasteiger partial charge in [0.25, 0.3) is 0 Å². The minimum atomic E-state index is 0.376. The highest BCUT2D eigenvalue weighted by Gasteiger charge is 2.29. The van der Waals surface area contributed by atoms with Gasteiger partial charge in [-0.15, -0.1) is 0 Å². The summed E-state index contributed by atoms with van der Waals surface area (Å²) in [5.74, 6) is 1.51. The number of hydrogen-bond acceptors (Lipinski definition) is 4. The molecular formula is C19H25N3O2. The second kappa shape index (κ2) is 8.08. The summed E-state index contributed by atoms with van der Waals surface area (Å²) in [5.41, 5.74) is 1.70. The third-order valence-corrected chi connectivity index (χ3v) is 4.84. The average Bonchev–Trinajstić information content (AvgIpc) is 3.09. The first-order valence-electron chi connectivity index (χ1n) is 8.88. The molecule has 0 N–H and O–H groups in total. The minimum Gasteiger partial charge on any atom is -0.491 e. The first-order chi connectivity index (χ1) is 11.8. The van der Waals surface area contributed by atoms with Crippen molar-refractivity contribution in [3.63, 3.8) is 0 Å². The molecule has 2 aromatic heterocycles. The van der Waals surface area contributed by atoms with Gasteiger partial charge in [0, 0.05) is 36.5 Å². The molecule has 5 heteroatoms. The fourth-order valence-electron chi connectivity index (χ4n) is 3.66. The van der Waals surface area contributed by atoms with Gasteiger partial charge in [0.2, 0.25) is 0 Å². The Bertz CT molecular complexity index is 668. The molecule has 2 aromatic rings. The smallest absolute Gasteiger partial charge is 0.172 e. The predicted octanol–water partition coefficient (Wildman–Crippen LogP) is 3.85. The second-order valence-corrected chi connectivity index (χ2v) is 6.45. The van der Waals surface area contributed by atoms with Crippen molar-refractivity contribution in [2.75, 3.05) is 6.61 Å². The quantitative estimate of drug-likeness (QED) is 0.725. The van der Waals surface area contributed by atoms with Crippen LogP contribution in [0.1, 0.15) is 61.1 Å². The Morgan fingerprint density at radius 2 is 2.17 bits per heavy atom. The van der Waals surface area contributed by atoms with Gasteiger partial charge in [0.05, 0.1) is 6.61 Å². The van der Waals surface area contributed by atoms with Crippen molar-refractivity contribution in [3.05, 3.63) is 42.0 Å². The Morgan fingerprint density at radius 3 is 3.00 bits per heavy atom. The molecule has 1 aliphatic rings. The Morgan fingerprint density at radius 1 is 1.29 bits per heavy atom. The third kappa shape index (κ3) is 3.66. The number of pyridine rings is 1. The molecule has 0 aliphatic heterocycles. The Hall–Kier alpha value is -2.17. The fraction of sp³-hybridized carbons (Fsp3) is 0.526. The van der Waals surface area contributed by atoms with Crippen molar-refractivity contribution in [1.82, 2.24) is 14.8 Å². The maximum absolute atomic E-state index is 11.1. The lowest BCUT2D eigenvalue weighted by Gasteiger charge is -2.32. The molecule has 0 aromatic carbocycles. The topological polar surface area (TPSA) is 57.0 Å². The lowest BCUT2D eigenvalue weighted by atomic mass is 9.78. The summed E-state index contributed by atoms with van der Waals surface area (Å²) in [6.45, 7) is 3.76. The molecule has 1 fully saturated rings. The summed E-state index contributed by atoms with van der Waals surface area (Å²) in [4.78, 5) is 15.2. The Labute approximate surface area is 143 Å². The Kier molecular flexibility index (Phi) is 5.62. The number of aromatic nitrogens is 3. The SMILES string of the molecule is CCCn1nccc1C1CCCCC1COc1cccnc1C=O. The highest BCUT2D eigenvalue weighted by molar-refractivity contribution is 5.75. The van der Waals surface area contributed by atoms with Gasteiger partial charge in [0.15, 0.2) is 6.29 Å². The first kappa shape index (κ1) is 16.7. The summed E-state index contributed by atoms with van der Waals surface area (Å²) < 4.78 is 8.12. The van der Waals surface area contributed by atoms with E-state index in [0.29, 0.717) is 29.9 Å². The molecule has 0 saturated heterocycles. The number of rotatable bonds is 7. The van der Waals surface area contributed by atoms with E-state index >= 15 is 0 Å². The first-order valence-corrected chi connectivity index (χ1v) is 8.88. The molecule has 128 valence electrons. The van der Waals surface area contributed by atoms with Crippen LogP contribution in [0.15, 0.2) is 30.6 Å². The van der Waals surface area contributed by atoms with Crippen molar-refractivity contribution in [2.45, 2.75) is 51.5 Å². The van der Waals surface area contributed by atoms with E-state index in [2.05, 4.69) is 27.8 Å². The molecule has 2 heterocycles. The maximum Gasteiger partial charge on any atom is 0.172 e. The van der Waals surface area contributed by atoms with Crippen LogP contribution >= 0.6 is 0 Å². The van der Waals surface area contributed by atoms with Crippen LogP contribution in [-0.2, 0) is 6.54 Å². The van der Waals surface area contributed by atoms with Crippen LogP contribution in [0.4, 0.5) is 0 Å². The summed E-state index contributed by atoms with van der Waals surface area (Å²) in [6.07, 6.45) is 10.2. The van der Waals surface area contributed by atoms with E-state index in [-0.39, 0.29) is 0 Å². The summed E-state index contributed by atoms with van der Waals surface area (Å²) in [5, 5.41) is 4.48. The monoisotopic (exact) mass is 327 g/mol. The van der Waals surface area contributed by atoms with Gasteiger partial charge in [-0.25, -0.2) is 4.98 Å². The van der Waals surface area contributed by atoms with Crippen LogP contribution in [-0.4, -0.2) is 27.7 Å². The van der Waals surface area contributed by atoms with Crippen molar-refractivity contribution in [2.24, 2.45) is 5.92 Å². The van der Waals surface area contributed by atoms with Gasteiger partial charge in [-0.1, -0.05) is 19.8 Å². The minimum absolute atomic E-state index is 0.376. The van der Waals surface area contributed by atoms with Crippen molar-refractivity contribution < 1.29 is 9.53 Å². The van der Waals surface area contributed by atoms with E-state index in [0.717, 1.165) is 25.7 Å². The van der Waals surface area contributed by atoms with Crippen LogP contribution in [0.25, 0.3) is 0 Å². The molecule has 0 amide bonds. The van der Waals surface area contributed by atoms with E-state index in [4.69, 9.17) is 4.74 Å². The van der Waals surface area contributed by atoms with Gasteiger partial charge >= 0.3 is 0 Å². The largest absolute Gasteiger partial charge is 0.491 e. The lowest BCUT2D eigenvalue weighted by Crippen LogP contribution is -2.26. The summed E-state index contributed by atoms with van der Waals surface area (Å²) >= 11 is 0. The molecule has 24 heavy (non-hydrogen) atoms. The highest BCUT2D eigenvalue weighted by atomic mass is 16.5. The molecule has 1 saturated carbocycles. The molecule has 0 radical (unpaired) electrons. The number of nitrogens with zero attached hydrogens (tertiary/aromatic N) is 3. The van der Waals surface area contributed by atoms with E-state index in [1.807, 2.05) is 12.3 Å². The zero-order valence-electron chi connectivity index (χ0n) is 14.2. The lowest BCUT2D eigenvalue weighted by molar-refractivity contribution is 0.111. The van der Waals surface area contributed by atoms with Crippen molar-refractivity contribution in [3.8, 4) is 5.75 Å². The standard InChI is InChI=1S/C19H25N3O2/c1-2-12-22-18(9-11-21-22)16-7-4-3-6-15(16)14-24-19-8-5-10-20-17(19)13-23/h5,8-11,13,15-16H,2-4,6-7,12,14H2,1H3. The average molecular weight is 327 g/mol. The third-order valence-electron chi connectivity index (χ3n) is 4.84. The molecule has 0 bridgehead atoms. The van der Waals surface area contributed by atoms with Crippen molar-refractivity contribution in [1.29, 1.82) is 0 Å². The van der Waals surface area contributed by atoms with Crippen LogP contribution in [0.3, 0.4) is 0 Å². The number of aryl methyl sites for hydroxylation is 1. The molecule has 1 aliphatic carbocycles. The van der Waals surface area contributed by atoms with E-state index in [1.54, 1.807) is 12.3 Å². The number of ether oxygens (including phenoxy) is 1. The normalized spacial score (nSPS) is 20.7. The van der Waals surface area contributed by atoms with E-state index in [9.17, 15) is 4.79 Å². The number of carbonyl (C=O) groups excluding carboxylic acids is 1. The van der Waals surface area contributed by atoms with E-state index in [1.165, 1.54) is 25.0 Å². The zero-order valence-corrected chi connectivity index (χ0v) is 14.2. The second-order valence-electron chi connectivity index (χ2n) is 6.45. The number of hydrogen-bond donors (Lipinski definition) is 0. The van der Waals surface area contributed by atoms with Crippen LogP contribution in [0, 0.1) is 5.92 Å². The summed E-state index contributed by atoms with van der Waals surface area (Å²) in [6, 6.07) is 5.77. The van der Waals surface area contributed by atoms with Crippen molar-refractivity contribution >= 4 is 6.29 Å². The van der Waals surface area contributed by atoms with Gasteiger partial charge < -0.3 is 4.74 Å². The highest BCUT2D eigenvalue weighted by Crippen LogP contribution is 2.38. The molecule has 0 spiro atoms. The maximum atomic E-state index is 11.1. The van der Waals surface area contributed by atoms with Gasteiger partial charge in [0.1, 0.15) is 11.4 Å². The molecule has 5 nitrogen and oxygen atoms in total. The zero-order chi connectivity index (χ0) is 16.8. The fourth-order valence-corrected chi connectivity index (χ4v) is 3.66. The number of aldehydes is 1. The van der Waals surface area contributed by atoms with Crippen LogP contribution in [0.5, 0.6) is 5.75 Å².